The molecule has 0 fully saturated rings. The van der Waals surface area contributed by atoms with E-state index in [1.54, 1.807) is 0 Å². The SMILES string of the molecule is CC(=O)c1ccc(N=Nc2c(S(=O)(=O)O)cc3cc(S(=O)(=O)O)c(N=Nc4ccc(Cl)cc4P(=O)(O)O)c(O)c3c2O)cc1. The highest BCUT2D eigenvalue weighted by Crippen LogP contribution is 2.50. The van der Waals surface area contributed by atoms with Crippen LogP contribution in [-0.4, -0.2) is 51.7 Å². The fraction of sp³-hybridized carbons (Fsp3) is 0.0417. The van der Waals surface area contributed by atoms with Crippen molar-refractivity contribution >= 4 is 84.0 Å². The van der Waals surface area contributed by atoms with Crippen molar-refractivity contribution in [2.24, 2.45) is 20.5 Å². The Bertz CT molecular complexity index is 2180. The van der Waals surface area contributed by atoms with E-state index in [4.69, 9.17) is 11.6 Å². The normalized spacial score (nSPS) is 12.9. The second-order valence-corrected chi connectivity index (χ2v) is 13.7. The summed E-state index contributed by atoms with van der Waals surface area (Å²) >= 11 is 5.79. The number of azo groups is 2. The molecule has 20 heteroatoms. The molecule has 4 aromatic carbocycles. The van der Waals surface area contributed by atoms with Crippen molar-refractivity contribution in [3.63, 3.8) is 0 Å². The predicted octanol–water partition coefficient (Wildman–Crippen LogP) is 5.23. The lowest BCUT2D eigenvalue weighted by atomic mass is 10.1. The van der Waals surface area contributed by atoms with Crippen molar-refractivity contribution in [1.29, 1.82) is 0 Å². The van der Waals surface area contributed by atoms with Crippen LogP contribution in [0.25, 0.3) is 10.8 Å². The lowest BCUT2D eigenvalue weighted by molar-refractivity contribution is 0.101. The van der Waals surface area contributed by atoms with Crippen molar-refractivity contribution in [2.75, 3.05) is 0 Å². The number of phenolic OH excluding ortho intramolecular Hbond substituents is 2. The van der Waals surface area contributed by atoms with Gasteiger partial charge in [0.05, 0.1) is 16.4 Å². The third kappa shape index (κ3) is 6.82. The molecule has 0 heterocycles. The molecule has 0 bridgehead atoms. The monoisotopic (exact) mass is 684 g/mol. The molecule has 0 radical (unpaired) electrons. The van der Waals surface area contributed by atoms with Crippen LogP contribution in [0.3, 0.4) is 0 Å². The molecule has 4 aromatic rings. The van der Waals surface area contributed by atoms with Crippen LogP contribution in [0, 0.1) is 0 Å². The highest BCUT2D eigenvalue weighted by molar-refractivity contribution is 7.86. The summed E-state index contributed by atoms with van der Waals surface area (Å²) in [7, 11) is -15.5. The van der Waals surface area contributed by atoms with Crippen LogP contribution in [0.15, 0.2) is 84.8 Å². The molecule has 0 aliphatic rings. The highest BCUT2D eigenvalue weighted by Gasteiger charge is 2.29. The molecule has 44 heavy (non-hydrogen) atoms. The number of phenols is 2. The molecular formula is C24H18ClN4O12PS2. The van der Waals surface area contributed by atoms with Crippen molar-refractivity contribution in [1.82, 2.24) is 0 Å². The predicted molar refractivity (Wildman–Crippen MR) is 155 cm³/mol. The Balaban J connectivity index is 2.01. The zero-order valence-corrected chi connectivity index (χ0v) is 25.0. The number of halogens is 1. The third-order valence-electron chi connectivity index (χ3n) is 5.85. The van der Waals surface area contributed by atoms with E-state index in [1.165, 1.54) is 37.3 Å². The number of fused-ring (bicyclic) bond motifs is 1. The zero-order valence-electron chi connectivity index (χ0n) is 21.8. The topological polar surface area (TPSA) is 273 Å². The van der Waals surface area contributed by atoms with Gasteiger partial charge in [0.1, 0.15) is 26.9 Å². The summed E-state index contributed by atoms with van der Waals surface area (Å²) < 4.78 is 80.3. The summed E-state index contributed by atoms with van der Waals surface area (Å²) in [5.74, 6) is -2.60. The highest BCUT2D eigenvalue weighted by atomic mass is 35.5. The third-order valence-corrected chi connectivity index (χ3v) is 8.81. The Morgan fingerprint density at radius 2 is 1.27 bits per heavy atom. The van der Waals surface area contributed by atoms with Crippen molar-refractivity contribution < 1.29 is 55.3 Å². The number of Topliss-reactive ketones (excluding diaryl/α,β-unsaturated/α-hetero) is 1. The van der Waals surface area contributed by atoms with Gasteiger partial charge in [-0.1, -0.05) is 11.6 Å². The maximum Gasteiger partial charge on any atom is 0.358 e. The van der Waals surface area contributed by atoms with Gasteiger partial charge in [-0.2, -0.15) is 21.9 Å². The van der Waals surface area contributed by atoms with Gasteiger partial charge in [-0.3, -0.25) is 18.5 Å². The summed E-state index contributed by atoms with van der Waals surface area (Å²) in [6, 6.07) is 9.71. The molecule has 0 spiro atoms. The number of nitrogens with zero attached hydrogens (tertiary/aromatic N) is 4. The van der Waals surface area contributed by atoms with E-state index < -0.39 is 82.3 Å². The summed E-state index contributed by atoms with van der Waals surface area (Å²) in [5, 5.41) is 34.6. The van der Waals surface area contributed by atoms with Gasteiger partial charge in [0.2, 0.25) is 0 Å². The van der Waals surface area contributed by atoms with Crippen molar-refractivity contribution in [3.8, 4) is 11.5 Å². The molecule has 0 saturated heterocycles. The number of hydrogen-bond donors (Lipinski definition) is 6. The maximum atomic E-state index is 12.2. The van der Waals surface area contributed by atoms with E-state index in [-0.39, 0.29) is 16.5 Å². The molecule has 0 atom stereocenters. The minimum absolute atomic E-state index is 0.0695. The molecule has 0 aliphatic carbocycles. The van der Waals surface area contributed by atoms with Crippen molar-refractivity contribution in [3.05, 3.63) is 65.2 Å². The van der Waals surface area contributed by atoms with E-state index in [0.717, 1.165) is 12.1 Å². The zero-order chi connectivity index (χ0) is 32.8. The molecule has 0 saturated carbocycles. The fourth-order valence-corrected chi connectivity index (χ4v) is 6.12. The van der Waals surface area contributed by atoms with Crippen LogP contribution < -0.4 is 5.30 Å². The molecule has 0 unspecified atom stereocenters. The molecule has 0 amide bonds. The molecule has 6 N–H and O–H groups in total. The van der Waals surface area contributed by atoms with Crippen LogP contribution in [0.5, 0.6) is 11.5 Å². The van der Waals surface area contributed by atoms with E-state index in [1.807, 2.05) is 0 Å². The molecule has 0 aromatic heterocycles. The lowest BCUT2D eigenvalue weighted by Crippen LogP contribution is -2.04. The van der Waals surface area contributed by atoms with Gasteiger partial charge in [-0.25, -0.2) is 0 Å². The lowest BCUT2D eigenvalue weighted by Gasteiger charge is -2.13. The summed E-state index contributed by atoms with van der Waals surface area (Å²) in [6.45, 7) is 1.32. The Labute approximate surface area is 252 Å². The van der Waals surface area contributed by atoms with E-state index >= 15 is 0 Å². The van der Waals surface area contributed by atoms with E-state index in [2.05, 4.69) is 20.5 Å². The van der Waals surface area contributed by atoms with Crippen LogP contribution >= 0.6 is 19.2 Å². The molecule has 230 valence electrons. The summed E-state index contributed by atoms with van der Waals surface area (Å²) in [5.41, 5.74) is -2.07. The van der Waals surface area contributed by atoms with Gasteiger partial charge in [-0.05, 0) is 66.9 Å². The first-order valence-corrected chi connectivity index (χ1v) is 16.5. The number of hydrogen-bond acceptors (Lipinski definition) is 12. The average molecular weight is 685 g/mol. The number of carbonyl (C=O) groups excluding carboxylic acids is 1. The average Bonchev–Trinajstić information content (AvgIpc) is 2.90. The van der Waals surface area contributed by atoms with E-state index in [9.17, 15) is 55.3 Å². The summed E-state index contributed by atoms with van der Waals surface area (Å²) in [4.78, 5) is 28.5. The standard InChI is InChI=1S/C24H18ClN4O12PS2/c1-11(30)12-2-5-15(6-3-12)26-28-21-18(43(36,37)38)8-13-9-19(44(39,40)41)22(24(32)20(13)23(21)31)29-27-16-7-4-14(25)10-17(16)42(33,34)35/h2-10,31-32H,1H3,(H2,33,34,35)(H,36,37,38)(H,39,40,41). The Kier molecular flexibility index (Phi) is 8.76. The Morgan fingerprint density at radius 3 is 1.73 bits per heavy atom. The number of ketones is 1. The van der Waals surface area contributed by atoms with Gasteiger partial charge in [0.15, 0.2) is 17.3 Å². The maximum absolute atomic E-state index is 12.2. The first-order chi connectivity index (χ1) is 20.3. The Hall–Kier alpha value is -4.13. The van der Waals surface area contributed by atoms with Crippen LogP contribution in [0.2, 0.25) is 5.02 Å². The number of benzene rings is 4. The largest absolute Gasteiger partial charge is 0.505 e. The van der Waals surface area contributed by atoms with Crippen LogP contribution in [0.1, 0.15) is 17.3 Å². The molecule has 4 rings (SSSR count). The fourth-order valence-electron chi connectivity index (χ4n) is 3.84. The quantitative estimate of drug-likeness (QED) is 0.0602. The van der Waals surface area contributed by atoms with Crippen LogP contribution in [-0.2, 0) is 24.8 Å². The van der Waals surface area contributed by atoms with E-state index in [0.29, 0.717) is 17.7 Å². The number of aromatic hydroxyl groups is 2. The second-order valence-electron chi connectivity index (χ2n) is 8.87. The number of rotatable bonds is 8. The smallest absolute Gasteiger partial charge is 0.358 e. The van der Waals surface area contributed by atoms with Gasteiger partial charge in [0, 0.05) is 10.6 Å². The minimum Gasteiger partial charge on any atom is -0.505 e. The summed E-state index contributed by atoms with van der Waals surface area (Å²) in [6.07, 6.45) is 0. The first-order valence-electron chi connectivity index (χ1n) is 11.6. The Morgan fingerprint density at radius 1 is 0.773 bits per heavy atom. The van der Waals surface area contributed by atoms with Crippen LogP contribution in [0.4, 0.5) is 22.7 Å². The van der Waals surface area contributed by atoms with Gasteiger partial charge in [0.25, 0.3) is 20.2 Å². The molecule has 0 aliphatic heterocycles. The molecular weight excluding hydrogens is 667 g/mol. The first kappa shape index (κ1) is 32.8. The van der Waals surface area contributed by atoms with Crippen molar-refractivity contribution in [2.45, 2.75) is 16.7 Å². The second kappa shape index (κ2) is 11.8. The molecule has 16 nitrogen and oxygen atoms in total. The van der Waals surface area contributed by atoms with Gasteiger partial charge >= 0.3 is 7.60 Å². The minimum atomic E-state index is -5.27. The van der Waals surface area contributed by atoms with Gasteiger partial charge < -0.3 is 20.0 Å². The van der Waals surface area contributed by atoms with Gasteiger partial charge in [-0.15, -0.1) is 15.3 Å². The number of carbonyl (C=O) groups is 1.